The first-order chi connectivity index (χ1) is 12.2. The summed E-state index contributed by atoms with van der Waals surface area (Å²) >= 11 is 0. The number of amides is 1. The van der Waals surface area contributed by atoms with Crippen molar-refractivity contribution in [1.82, 2.24) is 4.90 Å². The first-order valence-corrected chi connectivity index (χ1v) is 9.09. The van der Waals surface area contributed by atoms with Crippen molar-refractivity contribution < 1.29 is 4.79 Å². The van der Waals surface area contributed by atoms with Crippen LogP contribution in [0.1, 0.15) is 46.7 Å². The maximum absolute atomic E-state index is 12.4. The van der Waals surface area contributed by atoms with E-state index in [9.17, 15) is 4.79 Å². The topological polar surface area (TPSA) is 44.1 Å². The number of nitriles is 1. The van der Waals surface area contributed by atoms with Gasteiger partial charge in [0.1, 0.15) is 0 Å². The summed E-state index contributed by atoms with van der Waals surface area (Å²) in [7, 11) is 0. The molecular weight excluding hydrogens is 308 g/mol. The summed E-state index contributed by atoms with van der Waals surface area (Å²) in [5.41, 5.74) is 2.76. The van der Waals surface area contributed by atoms with Crippen molar-refractivity contribution in [2.75, 3.05) is 13.1 Å². The van der Waals surface area contributed by atoms with Crippen LogP contribution < -0.4 is 0 Å². The van der Waals surface area contributed by atoms with E-state index in [1.807, 2.05) is 4.90 Å². The number of rotatable bonds is 5. The Morgan fingerprint density at radius 3 is 2.44 bits per heavy atom. The highest BCUT2D eigenvalue weighted by Gasteiger charge is 2.39. The standard InChI is InChI=1S/C22H22N2O/c23-13-16-6-9-19(10-7-16)22(25)24-14-17(15-24)8-11-20-12-21(20)18-4-2-1-3-5-18/h1-7,9-10,17,20-21H,8,11-12,14-15H2. The Morgan fingerprint density at radius 2 is 1.76 bits per heavy atom. The predicted octanol–water partition coefficient (Wildman–Crippen LogP) is 4.21. The van der Waals surface area contributed by atoms with Gasteiger partial charge in [-0.3, -0.25) is 4.79 Å². The summed E-state index contributed by atoms with van der Waals surface area (Å²) in [6.07, 6.45) is 3.83. The summed E-state index contributed by atoms with van der Waals surface area (Å²) < 4.78 is 0. The van der Waals surface area contributed by atoms with Gasteiger partial charge in [-0.25, -0.2) is 0 Å². The average Bonchev–Trinajstić information content (AvgIpc) is 3.40. The summed E-state index contributed by atoms with van der Waals surface area (Å²) in [5.74, 6) is 2.34. The quantitative estimate of drug-likeness (QED) is 0.824. The van der Waals surface area contributed by atoms with E-state index in [0.717, 1.165) is 24.9 Å². The smallest absolute Gasteiger partial charge is 0.253 e. The third-order valence-corrected chi connectivity index (χ3v) is 5.60. The van der Waals surface area contributed by atoms with Crippen molar-refractivity contribution >= 4 is 5.91 Å². The number of benzene rings is 2. The lowest BCUT2D eigenvalue weighted by molar-refractivity contribution is 0.0479. The second-order valence-corrected chi connectivity index (χ2v) is 7.36. The van der Waals surface area contributed by atoms with E-state index in [1.165, 1.54) is 24.8 Å². The number of hydrogen-bond acceptors (Lipinski definition) is 2. The minimum atomic E-state index is 0.0920. The van der Waals surface area contributed by atoms with Gasteiger partial charge >= 0.3 is 0 Å². The van der Waals surface area contributed by atoms with Crippen LogP contribution >= 0.6 is 0 Å². The lowest BCUT2D eigenvalue weighted by Gasteiger charge is -2.39. The van der Waals surface area contributed by atoms with Gasteiger partial charge in [-0.15, -0.1) is 0 Å². The molecule has 1 saturated heterocycles. The van der Waals surface area contributed by atoms with Crippen molar-refractivity contribution in [3.63, 3.8) is 0 Å². The van der Waals surface area contributed by atoms with E-state index in [1.54, 1.807) is 24.3 Å². The van der Waals surface area contributed by atoms with Crippen LogP contribution in [0.15, 0.2) is 54.6 Å². The van der Waals surface area contributed by atoms with Crippen molar-refractivity contribution in [3.05, 3.63) is 71.3 Å². The fourth-order valence-corrected chi connectivity index (χ4v) is 3.91. The highest BCUT2D eigenvalue weighted by molar-refractivity contribution is 5.94. The van der Waals surface area contributed by atoms with E-state index in [-0.39, 0.29) is 5.91 Å². The third-order valence-electron chi connectivity index (χ3n) is 5.60. The van der Waals surface area contributed by atoms with Gasteiger partial charge < -0.3 is 4.90 Å². The number of nitrogens with zero attached hydrogens (tertiary/aromatic N) is 2. The largest absolute Gasteiger partial charge is 0.338 e. The number of carbonyl (C=O) groups is 1. The lowest BCUT2D eigenvalue weighted by Crippen LogP contribution is -2.49. The highest BCUT2D eigenvalue weighted by Crippen LogP contribution is 2.50. The maximum atomic E-state index is 12.4. The number of hydrogen-bond donors (Lipinski definition) is 0. The van der Waals surface area contributed by atoms with E-state index in [0.29, 0.717) is 17.0 Å². The molecule has 1 saturated carbocycles. The molecule has 2 atom stereocenters. The average molecular weight is 330 g/mol. The SMILES string of the molecule is N#Cc1ccc(C(=O)N2CC(CCC3CC3c3ccccc3)C2)cc1. The Morgan fingerprint density at radius 1 is 1.04 bits per heavy atom. The van der Waals surface area contributed by atoms with E-state index >= 15 is 0 Å². The monoisotopic (exact) mass is 330 g/mol. The summed E-state index contributed by atoms with van der Waals surface area (Å²) in [6, 6.07) is 19.8. The molecule has 2 aromatic rings. The van der Waals surface area contributed by atoms with E-state index in [2.05, 4.69) is 36.4 Å². The lowest BCUT2D eigenvalue weighted by atomic mass is 9.92. The Balaban J connectivity index is 1.21. The molecule has 1 aliphatic carbocycles. The molecule has 1 amide bonds. The first-order valence-electron chi connectivity index (χ1n) is 9.09. The zero-order valence-electron chi connectivity index (χ0n) is 14.3. The molecule has 0 radical (unpaired) electrons. The van der Waals surface area contributed by atoms with Gasteiger partial charge in [0, 0.05) is 18.7 Å². The number of carbonyl (C=O) groups excluding carboxylic acids is 1. The Labute approximate surface area is 148 Å². The van der Waals surface area contributed by atoms with Gasteiger partial charge in [-0.05, 0) is 66.8 Å². The summed E-state index contributed by atoms with van der Waals surface area (Å²) in [5, 5.41) is 8.82. The molecule has 1 heterocycles. The Kier molecular flexibility index (Phi) is 4.28. The molecule has 2 unspecified atom stereocenters. The van der Waals surface area contributed by atoms with Gasteiger partial charge in [0.05, 0.1) is 11.6 Å². The number of likely N-dealkylation sites (tertiary alicyclic amines) is 1. The summed E-state index contributed by atoms with van der Waals surface area (Å²) in [6.45, 7) is 1.75. The molecule has 4 rings (SSSR count). The van der Waals surface area contributed by atoms with Crippen molar-refractivity contribution in [2.45, 2.75) is 25.2 Å². The van der Waals surface area contributed by atoms with Crippen molar-refractivity contribution in [2.24, 2.45) is 11.8 Å². The molecular formula is C22H22N2O. The minimum Gasteiger partial charge on any atom is -0.338 e. The van der Waals surface area contributed by atoms with Gasteiger partial charge in [0.2, 0.25) is 0 Å². The van der Waals surface area contributed by atoms with Crippen molar-refractivity contribution in [1.29, 1.82) is 5.26 Å². The van der Waals surface area contributed by atoms with E-state index < -0.39 is 0 Å². The fraction of sp³-hybridized carbons (Fsp3) is 0.364. The molecule has 0 aromatic heterocycles. The first kappa shape index (κ1) is 15.9. The second kappa shape index (κ2) is 6.72. The highest BCUT2D eigenvalue weighted by atomic mass is 16.2. The normalized spacial score (nSPS) is 22.1. The predicted molar refractivity (Wildman–Crippen MR) is 97.1 cm³/mol. The van der Waals surface area contributed by atoms with Gasteiger partial charge in [-0.1, -0.05) is 30.3 Å². The molecule has 126 valence electrons. The zero-order valence-corrected chi connectivity index (χ0v) is 14.3. The zero-order chi connectivity index (χ0) is 17.2. The molecule has 3 heteroatoms. The molecule has 0 spiro atoms. The van der Waals surface area contributed by atoms with Crippen molar-refractivity contribution in [3.8, 4) is 6.07 Å². The van der Waals surface area contributed by atoms with Crippen LogP contribution in [-0.4, -0.2) is 23.9 Å². The van der Waals surface area contributed by atoms with Gasteiger partial charge in [0.25, 0.3) is 5.91 Å². The van der Waals surface area contributed by atoms with Crippen LogP contribution in [0.25, 0.3) is 0 Å². The van der Waals surface area contributed by atoms with Crippen LogP contribution in [0.3, 0.4) is 0 Å². The molecule has 25 heavy (non-hydrogen) atoms. The van der Waals surface area contributed by atoms with Crippen LogP contribution in [-0.2, 0) is 0 Å². The second-order valence-electron chi connectivity index (χ2n) is 7.36. The fourth-order valence-electron chi connectivity index (χ4n) is 3.91. The molecule has 0 bridgehead atoms. The van der Waals surface area contributed by atoms with Crippen LogP contribution in [0.2, 0.25) is 0 Å². The maximum Gasteiger partial charge on any atom is 0.253 e. The molecule has 0 N–H and O–H groups in total. The molecule has 2 aromatic carbocycles. The molecule has 2 fully saturated rings. The van der Waals surface area contributed by atoms with Crippen LogP contribution in [0, 0.1) is 23.2 Å². The molecule has 2 aliphatic rings. The molecule has 1 aliphatic heterocycles. The third kappa shape index (κ3) is 3.44. The molecule has 3 nitrogen and oxygen atoms in total. The van der Waals surface area contributed by atoms with E-state index in [4.69, 9.17) is 5.26 Å². The van der Waals surface area contributed by atoms with Gasteiger partial charge in [-0.2, -0.15) is 5.26 Å². The Hall–Kier alpha value is -2.60. The van der Waals surface area contributed by atoms with Crippen LogP contribution in [0.5, 0.6) is 0 Å². The minimum absolute atomic E-state index is 0.0920. The van der Waals surface area contributed by atoms with Crippen LogP contribution in [0.4, 0.5) is 0 Å². The Bertz CT molecular complexity index is 785. The van der Waals surface area contributed by atoms with Gasteiger partial charge in [0.15, 0.2) is 0 Å². The summed E-state index contributed by atoms with van der Waals surface area (Å²) in [4.78, 5) is 14.3.